The zero-order valence-electron chi connectivity index (χ0n) is 16.0. The van der Waals surface area contributed by atoms with Crippen molar-refractivity contribution in [1.82, 2.24) is 10.2 Å². The summed E-state index contributed by atoms with van der Waals surface area (Å²) in [5.41, 5.74) is 0.701. The minimum absolute atomic E-state index is 0.0604. The minimum atomic E-state index is -3.43. The van der Waals surface area contributed by atoms with Gasteiger partial charge in [-0.05, 0) is 30.3 Å². The molecule has 0 atom stereocenters. The topological polar surface area (TPSA) is 121 Å². The lowest BCUT2D eigenvalue weighted by Gasteiger charge is -2.06. The first-order valence-corrected chi connectivity index (χ1v) is 10.2. The minimum Gasteiger partial charge on any atom is -0.497 e. The third-order valence-electron chi connectivity index (χ3n) is 4.08. The van der Waals surface area contributed by atoms with Crippen molar-refractivity contribution in [2.45, 2.75) is 11.8 Å². The van der Waals surface area contributed by atoms with Crippen molar-refractivity contribution in [3.8, 4) is 23.0 Å². The quantitative estimate of drug-likeness (QED) is 0.623. The Balaban J connectivity index is 1.82. The van der Waals surface area contributed by atoms with Crippen LogP contribution in [0.15, 0.2) is 51.8 Å². The van der Waals surface area contributed by atoms with Crippen LogP contribution < -0.4 is 14.8 Å². The molecule has 0 unspecified atom stereocenters. The number of aromatic nitrogens is 2. The second-order valence-corrected chi connectivity index (χ2v) is 8.18. The number of benzene rings is 2. The van der Waals surface area contributed by atoms with Gasteiger partial charge in [-0.2, -0.15) is 0 Å². The number of amides is 1. The summed E-state index contributed by atoms with van der Waals surface area (Å²) in [5, 5.41) is 10.2. The summed E-state index contributed by atoms with van der Waals surface area (Å²) in [5.74, 6) is 0.597. The number of hydrogen-bond acceptors (Lipinski definition) is 8. The molecule has 10 heteroatoms. The second kappa shape index (κ2) is 8.31. The average molecular weight is 417 g/mol. The van der Waals surface area contributed by atoms with Crippen molar-refractivity contribution >= 4 is 21.8 Å². The van der Waals surface area contributed by atoms with Crippen LogP contribution in [0.1, 0.15) is 17.3 Å². The first kappa shape index (κ1) is 20.3. The monoisotopic (exact) mass is 417 g/mol. The van der Waals surface area contributed by atoms with E-state index in [9.17, 15) is 13.2 Å². The summed E-state index contributed by atoms with van der Waals surface area (Å²) >= 11 is 0. The van der Waals surface area contributed by atoms with Gasteiger partial charge in [-0.3, -0.25) is 10.1 Å². The zero-order chi connectivity index (χ0) is 21.0. The molecule has 0 bridgehead atoms. The highest BCUT2D eigenvalue weighted by Crippen LogP contribution is 2.29. The van der Waals surface area contributed by atoms with Gasteiger partial charge in [0.15, 0.2) is 9.84 Å². The molecule has 0 aliphatic heterocycles. The first-order valence-electron chi connectivity index (χ1n) is 8.57. The Morgan fingerprint density at radius 1 is 1.07 bits per heavy atom. The van der Waals surface area contributed by atoms with Gasteiger partial charge in [0.05, 0.1) is 24.9 Å². The van der Waals surface area contributed by atoms with Crippen LogP contribution in [0.2, 0.25) is 0 Å². The number of anilines is 1. The van der Waals surface area contributed by atoms with E-state index in [1.807, 2.05) is 0 Å². The van der Waals surface area contributed by atoms with Crippen LogP contribution in [0, 0.1) is 0 Å². The molecule has 1 heterocycles. The van der Waals surface area contributed by atoms with Crippen molar-refractivity contribution in [2.24, 2.45) is 0 Å². The van der Waals surface area contributed by atoms with Gasteiger partial charge >= 0.3 is 6.01 Å². The highest BCUT2D eigenvalue weighted by atomic mass is 32.2. The normalized spacial score (nSPS) is 11.1. The molecule has 0 saturated heterocycles. The number of nitrogens with zero attached hydrogens (tertiary/aromatic N) is 2. The molecule has 0 aliphatic carbocycles. The predicted molar refractivity (Wildman–Crippen MR) is 105 cm³/mol. The van der Waals surface area contributed by atoms with Crippen LogP contribution in [0.4, 0.5) is 6.01 Å². The van der Waals surface area contributed by atoms with Crippen molar-refractivity contribution in [2.75, 3.05) is 25.3 Å². The van der Waals surface area contributed by atoms with Crippen molar-refractivity contribution in [3.05, 3.63) is 48.0 Å². The van der Waals surface area contributed by atoms with Gasteiger partial charge < -0.3 is 13.9 Å². The van der Waals surface area contributed by atoms with E-state index in [0.29, 0.717) is 17.1 Å². The number of nitrogens with one attached hydrogen (secondary N) is 1. The van der Waals surface area contributed by atoms with Gasteiger partial charge in [0, 0.05) is 17.2 Å². The lowest BCUT2D eigenvalue weighted by molar-refractivity contribution is 0.102. The average Bonchev–Trinajstić information content (AvgIpc) is 3.21. The van der Waals surface area contributed by atoms with E-state index >= 15 is 0 Å². The third-order valence-corrected chi connectivity index (χ3v) is 5.81. The molecule has 1 aromatic heterocycles. The molecule has 0 spiro atoms. The Labute approximate surface area is 167 Å². The van der Waals surface area contributed by atoms with Crippen molar-refractivity contribution < 1.29 is 27.1 Å². The fourth-order valence-electron chi connectivity index (χ4n) is 2.49. The van der Waals surface area contributed by atoms with E-state index in [-0.39, 0.29) is 28.1 Å². The number of sulfone groups is 1. The maximum atomic E-state index is 12.5. The molecular formula is C19H19N3O6S. The predicted octanol–water partition coefficient (Wildman–Crippen LogP) is 2.80. The molecule has 0 radical (unpaired) electrons. The smallest absolute Gasteiger partial charge is 0.322 e. The number of carbonyl (C=O) groups excluding carboxylic acids is 1. The molecule has 0 fully saturated rings. The third kappa shape index (κ3) is 4.54. The summed E-state index contributed by atoms with van der Waals surface area (Å²) in [7, 11) is -0.390. The number of hydrogen-bond donors (Lipinski definition) is 1. The molecule has 0 saturated carbocycles. The van der Waals surface area contributed by atoms with E-state index in [0.717, 1.165) is 0 Å². The molecule has 9 nitrogen and oxygen atoms in total. The fourth-order valence-corrected chi connectivity index (χ4v) is 3.41. The number of methoxy groups -OCH3 is 2. The Bertz CT molecular complexity index is 1120. The molecule has 1 N–H and O–H groups in total. The van der Waals surface area contributed by atoms with Crippen molar-refractivity contribution in [1.29, 1.82) is 0 Å². The summed E-state index contributed by atoms with van der Waals surface area (Å²) in [6.45, 7) is 1.54. The Morgan fingerprint density at radius 3 is 2.38 bits per heavy atom. The molecular weight excluding hydrogens is 398 g/mol. The van der Waals surface area contributed by atoms with E-state index in [1.54, 1.807) is 18.2 Å². The van der Waals surface area contributed by atoms with Gasteiger partial charge in [-0.25, -0.2) is 8.42 Å². The highest BCUT2D eigenvalue weighted by molar-refractivity contribution is 7.91. The van der Waals surface area contributed by atoms with Crippen molar-refractivity contribution in [3.63, 3.8) is 0 Å². The van der Waals surface area contributed by atoms with Crippen LogP contribution in [0.5, 0.6) is 11.5 Å². The van der Waals surface area contributed by atoms with E-state index in [1.165, 1.54) is 45.4 Å². The number of rotatable bonds is 7. The highest BCUT2D eigenvalue weighted by Gasteiger charge is 2.17. The van der Waals surface area contributed by atoms with Crippen LogP contribution in [0.25, 0.3) is 11.5 Å². The van der Waals surface area contributed by atoms with E-state index < -0.39 is 15.7 Å². The second-order valence-electron chi connectivity index (χ2n) is 5.90. The molecule has 3 rings (SSSR count). The molecule has 152 valence electrons. The Morgan fingerprint density at radius 2 is 1.76 bits per heavy atom. The lowest BCUT2D eigenvalue weighted by atomic mass is 10.2. The standard InChI is InChI=1S/C19H19N3O6S/c1-4-29(24,25)16-7-5-6-12(10-16)17(23)20-19-22-21-18(28-19)13-8-14(26-2)11-15(9-13)27-3/h5-11H,4H2,1-3H3,(H,20,22,23). The van der Waals surface area contributed by atoms with Crippen LogP contribution in [-0.4, -0.2) is 44.5 Å². The van der Waals surface area contributed by atoms with E-state index in [4.69, 9.17) is 13.9 Å². The number of ether oxygens (including phenoxy) is 2. The van der Waals surface area contributed by atoms with Gasteiger partial charge in [-0.1, -0.05) is 18.1 Å². The van der Waals surface area contributed by atoms with Gasteiger partial charge in [0.25, 0.3) is 5.91 Å². The maximum Gasteiger partial charge on any atom is 0.322 e. The largest absolute Gasteiger partial charge is 0.497 e. The summed E-state index contributed by atoms with van der Waals surface area (Å²) in [6, 6.07) is 10.7. The lowest BCUT2D eigenvalue weighted by Crippen LogP contribution is -2.13. The Kier molecular flexibility index (Phi) is 5.83. The summed E-state index contributed by atoms with van der Waals surface area (Å²) in [4.78, 5) is 12.5. The molecule has 1 amide bonds. The van der Waals surface area contributed by atoms with Gasteiger partial charge in [0.2, 0.25) is 5.89 Å². The molecule has 0 aliphatic rings. The van der Waals surface area contributed by atoms with Gasteiger partial charge in [-0.15, -0.1) is 5.10 Å². The molecule has 3 aromatic rings. The van der Waals surface area contributed by atoms with Crippen LogP contribution >= 0.6 is 0 Å². The van der Waals surface area contributed by atoms with Crippen LogP contribution in [-0.2, 0) is 9.84 Å². The maximum absolute atomic E-state index is 12.5. The fraction of sp³-hybridized carbons (Fsp3) is 0.211. The van der Waals surface area contributed by atoms with Crippen LogP contribution in [0.3, 0.4) is 0 Å². The summed E-state index contributed by atoms with van der Waals surface area (Å²) in [6.07, 6.45) is 0. The van der Waals surface area contributed by atoms with Gasteiger partial charge in [0.1, 0.15) is 11.5 Å². The zero-order valence-corrected chi connectivity index (χ0v) is 16.8. The Hall–Kier alpha value is -3.40. The summed E-state index contributed by atoms with van der Waals surface area (Å²) < 4.78 is 39.9. The molecule has 29 heavy (non-hydrogen) atoms. The SMILES string of the molecule is CCS(=O)(=O)c1cccc(C(=O)Nc2nnc(-c3cc(OC)cc(OC)c3)o2)c1. The molecule has 2 aromatic carbocycles. The number of carbonyl (C=O) groups is 1. The van der Waals surface area contributed by atoms with E-state index in [2.05, 4.69) is 15.5 Å². The first-order chi connectivity index (χ1) is 13.9.